The number of furan rings is 1. The fourth-order valence-electron chi connectivity index (χ4n) is 3.79. The molecule has 0 saturated carbocycles. The minimum Gasteiger partial charge on any atom is -0.459 e. The summed E-state index contributed by atoms with van der Waals surface area (Å²) in [7, 11) is 0. The molecule has 2 aromatic heterocycles. The molecule has 1 N–H and O–H groups in total. The van der Waals surface area contributed by atoms with Gasteiger partial charge in [-0.3, -0.25) is 4.98 Å². The van der Waals surface area contributed by atoms with Crippen LogP contribution in [0.25, 0.3) is 11.3 Å². The molecular weight excluding hydrogens is 458 g/mol. The van der Waals surface area contributed by atoms with Gasteiger partial charge in [0.2, 0.25) is 0 Å². The maximum atomic E-state index is 6.35. The fraction of sp³-hybridized carbons (Fsp3) is 0.0833. The summed E-state index contributed by atoms with van der Waals surface area (Å²) in [6, 6.07) is 27.9. The number of rotatable bonds is 4. The van der Waals surface area contributed by atoms with Crippen molar-refractivity contribution >= 4 is 38.9 Å². The normalized spacial score (nSPS) is 18.4. The fourth-order valence-corrected chi connectivity index (χ4v) is 4.40. The number of nitrogens with zero attached hydrogens (tertiary/aromatic N) is 2. The van der Waals surface area contributed by atoms with Gasteiger partial charge < -0.3 is 14.6 Å². The smallest absolute Gasteiger partial charge is 0.174 e. The van der Waals surface area contributed by atoms with E-state index in [1.165, 1.54) is 0 Å². The van der Waals surface area contributed by atoms with Crippen LogP contribution in [0.5, 0.6) is 0 Å². The van der Waals surface area contributed by atoms with Gasteiger partial charge in [-0.1, -0.05) is 52.3 Å². The molecule has 2 aromatic carbocycles. The van der Waals surface area contributed by atoms with E-state index in [0.717, 1.165) is 32.9 Å². The second-order valence-corrected chi connectivity index (χ2v) is 8.34. The lowest BCUT2D eigenvalue weighted by atomic mass is 10.0. The second-order valence-electron chi connectivity index (χ2n) is 7.04. The number of pyridine rings is 1. The van der Waals surface area contributed by atoms with Crippen LogP contribution < -0.4 is 10.2 Å². The van der Waals surface area contributed by atoms with Crippen molar-refractivity contribution in [3.63, 3.8) is 0 Å². The van der Waals surface area contributed by atoms with Crippen molar-refractivity contribution in [2.75, 3.05) is 4.90 Å². The van der Waals surface area contributed by atoms with Crippen LogP contribution in [0.3, 0.4) is 0 Å². The molecule has 0 spiro atoms. The number of benzene rings is 2. The zero-order valence-corrected chi connectivity index (χ0v) is 18.3. The molecule has 148 valence electrons. The SMILES string of the molecule is S=C1N[C@@H](c2ccccn2)[C@H](c2ccc(-c3ccccc3)o2)N1c1ccc(Br)cc1. The lowest BCUT2D eigenvalue weighted by molar-refractivity contribution is 0.439. The van der Waals surface area contributed by atoms with Crippen molar-refractivity contribution in [3.8, 4) is 11.3 Å². The summed E-state index contributed by atoms with van der Waals surface area (Å²) < 4.78 is 7.37. The lowest BCUT2D eigenvalue weighted by Crippen LogP contribution is -2.29. The van der Waals surface area contributed by atoms with Gasteiger partial charge in [-0.25, -0.2) is 0 Å². The zero-order chi connectivity index (χ0) is 20.5. The average molecular weight is 476 g/mol. The molecule has 0 radical (unpaired) electrons. The summed E-state index contributed by atoms with van der Waals surface area (Å²) >= 11 is 9.25. The van der Waals surface area contributed by atoms with Crippen LogP contribution in [-0.2, 0) is 0 Å². The van der Waals surface area contributed by atoms with Gasteiger partial charge in [0.05, 0.1) is 11.7 Å². The van der Waals surface area contributed by atoms with Crippen LogP contribution in [0.4, 0.5) is 5.69 Å². The minimum absolute atomic E-state index is 0.128. The van der Waals surface area contributed by atoms with Gasteiger partial charge in [0.25, 0.3) is 0 Å². The summed E-state index contributed by atoms with van der Waals surface area (Å²) in [4.78, 5) is 6.69. The second kappa shape index (κ2) is 8.05. The molecule has 4 nitrogen and oxygen atoms in total. The molecule has 3 heterocycles. The van der Waals surface area contributed by atoms with Crippen LogP contribution in [0.2, 0.25) is 0 Å². The average Bonchev–Trinajstić information content (AvgIpc) is 3.40. The van der Waals surface area contributed by atoms with E-state index in [2.05, 4.69) is 31.1 Å². The molecule has 1 aliphatic rings. The third-order valence-corrected chi connectivity index (χ3v) is 6.02. The number of aromatic nitrogens is 1. The van der Waals surface area contributed by atoms with E-state index >= 15 is 0 Å². The minimum atomic E-state index is -0.161. The molecule has 0 amide bonds. The molecule has 5 rings (SSSR count). The summed E-state index contributed by atoms with van der Waals surface area (Å²) in [5.74, 6) is 1.67. The monoisotopic (exact) mass is 475 g/mol. The number of thiocarbonyl (C=S) groups is 1. The predicted molar refractivity (Wildman–Crippen MR) is 126 cm³/mol. The summed E-state index contributed by atoms with van der Waals surface area (Å²) in [6.07, 6.45) is 1.80. The van der Waals surface area contributed by atoms with Gasteiger partial charge in [-0.2, -0.15) is 0 Å². The van der Waals surface area contributed by atoms with E-state index in [-0.39, 0.29) is 12.1 Å². The number of hydrogen-bond donors (Lipinski definition) is 1. The Morgan fingerprint density at radius 1 is 0.900 bits per heavy atom. The Kier molecular flexibility index (Phi) is 5.11. The van der Waals surface area contributed by atoms with Crippen molar-refractivity contribution in [1.82, 2.24) is 10.3 Å². The Morgan fingerprint density at radius 3 is 2.40 bits per heavy atom. The molecule has 4 aromatic rings. The molecule has 1 fully saturated rings. The Morgan fingerprint density at radius 2 is 1.67 bits per heavy atom. The number of anilines is 1. The summed E-state index contributed by atoms with van der Waals surface area (Å²) in [6.45, 7) is 0. The van der Waals surface area contributed by atoms with Crippen molar-refractivity contribution in [2.24, 2.45) is 0 Å². The Labute approximate surface area is 188 Å². The first kappa shape index (κ1) is 19.0. The molecule has 1 saturated heterocycles. The molecule has 1 aliphatic heterocycles. The molecule has 6 heteroatoms. The summed E-state index contributed by atoms with van der Waals surface area (Å²) in [5.41, 5.74) is 2.96. The third kappa shape index (κ3) is 3.53. The summed E-state index contributed by atoms with van der Waals surface area (Å²) in [5, 5.41) is 4.10. The highest BCUT2D eigenvalue weighted by Crippen LogP contribution is 2.43. The molecule has 0 aliphatic carbocycles. The largest absolute Gasteiger partial charge is 0.459 e. The Hall–Kier alpha value is -2.96. The van der Waals surface area contributed by atoms with Gasteiger partial charge in [-0.15, -0.1) is 0 Å². The molecule has 0 unspecified atom stereocenters. The number of hydrogen-bond acceptors (Lipinski definition) is 3. The predicted octanol–water partition coefficient (Wildman–Crippen LogP) is 6.28. The van der Waals surface area contributed by atoms with Crippen LogP contribution in [0.15, 0.2) is 100 Å². The lowest BCUT2D eigenvalue weighted by Gasteiger charge is -2.26. The van der Waals surface area contributed by atoms with Gasteiger partial charge in [-0.05, 0) is 60.7 Å². The first-order valence-corrected chi connectivity index (χ1v) is 10.8. The van der Waals surface area contributed by atoms with E-state index in [1.807, 2.05) is 84.9 Å². The van der Waals surface area contributed by atoms with Crippen LogP contribution in [0.1, 0.15) is 23.5 Å². The van der Waals surface area contributed by atoms with E-state index in [9.17, 15) is 0 Å². The van der Waals surface area contributed by atoms with Crippen molar-refractivity contribution in [2.45, 2.75) is 12.1 Å². The van der Waals surface area contributed by atoms with Crippen molar-refractivity contribution in [3.05, 3.63) is 107 Å². The highest BCUT2D eigenvalue weighted by Gasteiger charge is 2.42. The van der Waals surface area contributed by atoms with Gasteiger partial charge in [0, 0.05) is 21.9 Å². The molecule has 0 bridgehead atoms. The van der Waals surface area contributed by atoms with Crippen molar-refractivity contribution < 1.29 is 4.42 Å². The topological polar surface area (TPSA) is 41.3 Å². The van der Waals surface area contributed by atoms with E-state index in [4.69, 9.17) is 16.6 Å². The maximum Gasteiger partial charge on any atom is 0.174 e. The van der Waals surface area contributed by atoms with Gasteiger partial charge in [0.1, 0.15) is 17.6 Å². The van der Waals surface area contributed by atoms with Crippen LogP contribution in [-0.4, -0.2) is 10.1 Å². The van der Waals surface area contributed by atoms with Crippen LogP contribution in [0, 0.1) is 0 Å². The van der Waals surface area contributed by atoms with E-state index in [1.54, 1.807) is 6.20 Å². The van der Waals surface area contributed by atoms with E-state index < -0.39 is 0 Å². The number of halogens is 1. The highest BCUT2D eigenvalue weighted by molar-refractivity contribution is 9.10. The highest BCUT2D eigenvalue weighted by atomic mass is 79.9. The van der Waals surface area contributed by atoms with Crippen molar-refractivity contribution in [1.29, 1.82) is 0 Å². The molecule has 30 heavy (non-hydrogen) atoms. The Balaban J connectivity index is 1.60. The number of nitrogens with one attached hydrogen (secondary N) is 1. The van der Waals surface area contributed by atoms with Crippen LogP contribution >= 0.6 is 28.1 Å². The molecular formula is C24H18BrN3OS. The standard InChI is InChI=1S/C24H18BrN3OS/c25-17-9-11-18(12-10-17)28-23(22(27-24(28)30)19-8-4-5-15-26-19)21-14-13-20(29-21)16-6-2-1-3-7-16/h1-15,22-23H,(H,27,30)/t22-,23-/m0/s1. The quantitative estimate of drug-likeness (QED) is 0.351. The van der Waals surface area contributed by atoms with Gasteiger partial charge in [0.15, 0.2) is 5.11 Å². The maximum absolute atomic E-state index is 6.35. The van der Waals surface area contributed by atoms with E-state index in [0.29, 0.717) is 5.11 Å². The Bertz CT molecular complexity index is 1160. The zero-order valence-electron chi connectivity index (χ0n) is 15.9. The third-order valence-electron chi connectivity index (χ3n) is 5.18. The first-order valence-electron chi connectivity index (χ1n) is 9.62. The molecule has 2 atom stereocenters. The first-order chi connectivity index (χ1) is 14.7. The van der Waals surface area contributed by atoms with Gasteiger partial charge >= 0.3 is 0 Å².